The molecule has 3 aromatic heterocycles. The number of hydrogen-bond donors (Lipinski definition) is 3. The summed E-state index contributed by atoms with van der Waals surface area (Å²) in [7, 11) is 4.30. The average Bonchev–Trinajstić information content (AvgIpc) is 3.82. The molecule has 57 heavy (non-hydrogen) atoms. The zero-order chi connectivity index (χ0) is 40.3. The van der Waals surface area contributed by atoms with Crippen molar-refractivity contribution in [1.82, 2.24) is 34.2 Å². The van der Waals surface area contributed by atoms with Gasteiger partial charge in [-0.05, 0) is 49.4 Å². The summed E-state index contributed by atoms with van der Waals surface area (Å²) >= 11 is 14.2. The van der Waals surface area contributed by atoms with Crippen molar-refractivity contribution in [1.29, 1.82) is 0 Å². The van der Waals surface area contributed by atoms with Gasteiger partial charge in [0.25, 0.3) is 12.0 Å². The number of nitrogens with one attached hydrogen (secondary N) is 2. The number of hydrogen-bond acceptors (Lipinski definition) is 9. The minimum Gasteiger partial charge on any atom is -0.481 e. The van der Waals surface area contributed by atoms with Gasteiger partial charge in [-0.1, -0.05) is 53.5 Å². The number of halogens is 4. The van der Waals surface area contributed by atoms with Crippen LogP contribution in [0.5, 0.6) is 5.88 Å². The lowest BCUT2D eigenvalue weighted by Gasteiger charge is -2.40. The van der Waals surface area contributed by atoms with Crippen LogP contribution in [0.3, 0.4) is 0 Å². The molecule has 0 bridgehead atoms. The van der Waals surface area contributed by atoms with E-state index in [0.717, 1.165) is 58.6 Å². The molecular formula is C40H40Cl2F2N8O5. The van der Waals surface area contributed by atoms with Gasteiger partial charge in [-0.25, -0.2) is 28.3 Å². The number of amides is 2. The molecule has 5 heterocycles. The molecule has 17 heteroatoms. The Bertz CT molecular complexity index is 2570. The molecule has 1 spiro atoms. The predicted molar refractivity (Wildman–Crippen MR) is 214 cm³/mol. The Morgan fingerprint density at radius 2 is 1.72 bits per heavy atom. The number of urea groups is 1. The largest absolute Gasteiger partial charge is 0.481 e. The summed E-state index contributed by atoms with van der Waals surface area (Å²) in [6, 6.07) is 13.6. The van der Waals surface area contributed by atoms with Crippen LogP contribution in [0.2, 0.25) is 10.0 Å². The maximum atomic E-state index is 14.0. The van der Waals surface area contributed by atoms with Gasteiger partial charge in [-0.2, -0.15) is 0 Å². The van der Waals surface area contributed by atoms with Crippen LogP contribution in [0.1, 0.15) is 48.6 Å². The Labute approximate surface area is 335 Å². The Kier molecular flexibility index (Phi) is 10.2. The number of anilines is 2. The maximum Gasteiger partial charge on any atom is 0.330 e. The third-order valence-corrected chi connectivity index (χ3v) is 12.4. The van der Waals surface area contributed by atoms with E-state index < -0.39 is 23.4 Å². The minimum atomic E-state index is -2.97. The topological polar surface area (TPSA) is 147 Å². The van der Waals surface area contributed by atoms with Gasteiger partial charge in [-0.3, -0.25) is 18.8 Å². The Balaban J connectivity index is 1.11. The fourth-order valence-electron chi connectivity index (χ4n) is 8.58. The standard InChI is InChI=1S/C40H40Cl2F2N8O5/c1-49-29-19-27(34(43)44)46-35(31(29)37(54)50(2)39(49)56)45-25-9-5-7-23(33(25)42)22-6-4-8-24(32(22)41)26-18-21-10-11-28(30(21)36(47-26)57-3)52-15-13-40(20-52)12-14-51(16-17-53)38(55)48-40/h4-9,18-19,28,34,53H,10-17,20H2,1-3H3,(H,45,46)(H,48,55)/t28-,40+/m0/s1. The summed E-state index contributed by atoms with van der Waals surface area (Å²) in [4.78, 5) is 51.8. The van der Waals surface area contributed by atoms with Crippen molar-refractivity contribution in [2.24, 2.45) is 14.1 Å². The molecule has 0 saturated carbocycles. The molecule has 298 valence electrons. The second-order valence-electron chi connectivity index (χ2n) is 14.8. The summed E-state index contributed by atoms with van der Waals surface area (Å²) in [6.45, 7) is 2.39. The van der Waals surface area contributed by atoms with E-state index in [1.807, 2.05) is 24.3 Å². The average molecular weight is 822 g/mol. The van der Waals surface area contributed by atoms with Gasteiger partial charge in [-0.15, -0.1) is 0 Å². The first kappa shape index (κ1) is 38.8. The van der Waals surface area contributed by atoms with Crippen molar-refractivity contribution in [2.45, 2.75) is 43.7 Å². The molecule has 3 N–H and O–H groups in total. The highest BCUT2D eigenvalue weighted by atomic mass is 35.5. The van der Waals surface area contributed by atoms with Crippen LogP contribution in [-0.4, -0.2) is 85.5 Å². The number of β-amino-alcohol motifs (C(OH)–C–C–N with tert-alkyl or cyclic N) is 1. The number of aliphatic hydroxyl groups is 1. The number of aliphatic hydroxyl groups excluding tert-OH is 1. The van der Waals surface area contributed by atoms with Gasteiger partial charge in [0.15, 0.2) is 0 Å². The normalized spacial score (nSPS) is 19.5. The predicted octanol–water partition coefficient (Wildman–Crippen LogP) is 6.20. The van der Waals surface area contributed by atoms with Gasteiger partial charge in [0.2, 0.25) is 5.88 Å². The van der Waals surface area contributed by atoms with Crippen molar-refractivity contribution in [2.75, 3.05) is 45.2 Å². The number of benzene rings is 2. The molecule has 1 aliphatic carbocycles. The van der Waals surface area contributed by atoms with E-state index >= 15 is 0 Å². The molecule has 13 nitrogen and oxygen atoms in total. The van der Waals surface area contributed by atoms with Crippen molar-refractivity contribution < 1.29 is 23.4 Å². The highest BCUT2D eigenvalue weighted by Crippen LogP contribution is 2.47. The molecule has 8 rings (SSSR count). The first-order chi connectivity index (χ1) is 27.3. The van der Waals surface area contributed by atoms with Crippen molar-refractivity contribution in [3.8, 4) is 28.3 Å². The third kappa shape index (κ3) is 6.69. The maximum absolute atomic E-state index is 14.0. The zero-order valence-electron chi connectivity index (χ0n) is 31.4. The smallest absolute Gasteiger partial charge is 0.330 e. The zero-order valence-corrected chi connectivity index (χ0v) is 32.9. The van der Waals surface area contributed by atoms with Crippen LogP contribution in [-0.2, 0) is 20.5 Å². The van der Waals surface area contributed by atoms with Crippen molar-refractivity contribution in [3.63, 3.8) is 0 Å². The van der Waals surface area contributed by atoms with Crippen LogP contribution in [0, 0.1) is 0 Å². The van der Waals surface area contributed by atoms with E-state index in [1.165, 1.54) is 14.1 Å². The monoisotopic (exact) mass is 820 g/mol. The molecular weight excluding hydrogens is 781 g/mol. The first-order valence-electron chi connectivity index (χ1n) is 18.6. The van der Waals surface area contributed by atoms with Crippen LogP contribution in [0.25, 0.3) is 33.3 Å². The molecule has 2 aliphatic heterocycles. The summed E-state index contributed by atoms with van der Waals surface area (Å²) in [5.74, 6) is 0.329. The second kappa shape index (κ2) is 15.0. The highest BCUT2D eigenvalue weighted by molar-refractivity contribution is 6.39. The molecule has 2 fully saturated rings. The number of pyridine rings is 2. The fraction of sp³-hybridized carbons (Fsp3) is 0.375. The van der Waals surface area contributed by atoms with Crippen molar-refractivity contribution in [3.05, 3.63) is 96.2 Å². The van der Waals surface area contributed by atoms with Gasteiger partial charge >= 0.3 is 11.7 Å². The molecule has 5 aromatic rings. The van der Waals surface area contributed by atoms with Gasteiger partial charge in [0.1, 0.15) is 16.9 Å². The number of methoxy groups -OCH3 is 1. The number of nitrogens with zero attached hydrogens (tertiary/aromatic N) is 6. The van der Waals surface area contributed by atoms with Crippen LogP contribution < -0.4 is 26.6 Å². The Morgan fingerprint density at radius 3 is 2.44 bits per heavy atom. The summed E-state index contributed by atoms with van der Waals surface area (Å²) in [5, 5.41) is 16.1. The van der Waals surface area contributed by atoms with E-state index in [1.54, 1.807) is 30.2 Å². The third-order valence-electron chi connectivity index (χ3n) is 11.5. The number of carbonyl (C=O) groups is 1. The van der Waals surface area contributed by atoms with E-state index in [2.05, 4.69) is 20.5 Å². The van der Waals surface area contributed by atoms with E-state index in [-0.39, 0.29) is 51.6 Å². The number of rotatable bonds is 9. The second-order valence-corrected chi connectivity index (χ2v) is 15.5. The molecule has 2 saturated heterocycles. The van der Waals surface area contributed by atoms with Crippen molar-refractivity contribution >= 4 is 51.6 Å². The van der Waals surface area contributed by atoms with Crippen LogP contribution >= 0.6 is 23.2 Å². The lowest BCUT2D eigenvalue weighted by atomic mass is 9.92. The number of fused-ring (bicyclic) bond motifs is 2. The fourth-order valence-corrected chi connectivity index (χ4v) is 9.18. The van der Waals surface area contributed by atoms with E-state index in [0.29, 0.717) is 52.9 Å². The molecule has 2 amide bonds. The van der Waals surface area contributed by atoms with Gasteiger partial charge in [0, 0.05) is 68.6 Å². The van der Waals surface area contributed by atoms with E-state index in [9.17, 15) is 28.3 Å². The van der Waals surface area contributed by atoms with E-state index in [4.69, 9.17) is 32.9 Å². The Morgan fingerprint density at radius 1 is 1.00 bits per heavy atom. The molecule has 0 radical (unpaired) electrons. The summed E-state index contributed by atoms with van der Waals surface area (Å²) in [6.07, 6.45) is 0.339. The lowest BCUT2D eigenvalue weighted by molar-refractivity contribution is 0.127. The first-order valence-corrected chi connectivity index (χ1v) is 19.3. The van der Waals surface area contributed by atoms with Gasteiger partial charge in [0.05, 0.1) is 46.2 Å². The summed E-state index contributed by atoms with van der Waals surface area (Å²) in [5.41, 5.74) is 2.46. The molecule has 3 aliphatic rings. The molecule has 0 unspecified atom stereocenters. The highest BCUT2D eigenvalue weighted by Gasteiger charge is 2.46. The number of aryl methyl sites for hydroxylation is 2. The van der Waals surface area contributed by atoms with Crippen LogP contribution in [0.4, 0.5) is 25.1 Å². The molecule has 2 aromatic carbocycles. The number of carbonyl (C=O) groups excluding carboxylic acids is 1. The molecule has 2 atom stereocenters. The SMILES string of the molecule is COc1nc(-c2cccc(-c3cccc(Nc4nc(C(F)F)cc5c4c(=O)n(C)c(=O)n5C)c3Cl)c2Cl)cc2c1[C@@H](N1CC[C@]3(CCN(CCO)C(=O)N3)C1)CC2. The minimum absolute atomic E-state index is 0.00375. The number of likely N-dealkylation sites (tertiary alicyclic amines) is 1. The quantitative estimate of drug-likeness (QED) is 0.158. The Hall–Kier alpha value is -5.09. The number of aromatic nitrogens is 4. The number of ether oxygens (including phenoxy) is 1. The van der Waals surface area contributed by atoms with Gasteiger partial charge < -0.3 is 25.4 Å². The van der Waals surface area contributed by atoms with Crippen LogP contribution in [0.15, 0.2) is 58.1 Å². The summed E-state index contributed by atoms with van der Waals surface area (Å²) < 4.78 is 35.9. The lowest BCUT2D eigenvalue weighted by Crippen LogP contribution is -2.61. The number of alkyl halides is 2.